The van der Waals surface area contributed by atoms with Crippen LogP contribution in [0.25, 0.3) is 0 Å². The molecule has 1 aromatic rings. The van der Waals surface area contributed by atoms with Gasteiger partial charge >= 0.3 is 5.97 Å². The largest absolute Gasteiger partial charge is 0.464 e. The van der Waals surface area contributed by atoms with Crippen LogP contribution in [0.1, 0.15) is 53.5 Å². The van der Waals surface area contributed by atoms with Gasteiger partial charge in [-0.15, -0.1) is 0 Å². The number of aromatic nitrogens is 2. The highest BCUT2D eigenvalue weighted by Gasteiger charge is 2.56. The van der Waals surface area contributed by atoms with Crippen LogP contribution in [0.3, 0.4) is 0 Å². The number of hydrogen-bond donors (Lipinski definition) is 1. The summed E-state index contributed by atoms with van der Waals surface area (Å²) in [7, 11) is 0. The molecule has 2 bridgehead atoms. The number of carbonyl (C=O) groups excluding carboxylic acids is 1. The van der Waals surface area contributed by atoms with Crippen LogP contribution in [0.4, 0.5) is 5.69 Å². The standard InChI is InChI=1S/C19H28BrN3O3/c1-6-26-18(25)11(3)23-17(24)16(20)15(9-21-23)22-14-8-12-7-13(10(14)2)19(12,4)5/h9-14,22H,6-8H2,1-5H3/t10-,11?,12+,13-,14-/m1/s1. The van der Waals surface area contributed by atoms with Crippen molar-refractivity contribution in [2.24, 2.45) is 23.2 Å². The summed E-state index contributed by atoms with van der Waals surface area (Å²) in [6.07, 6.45) is 4.04. The first-order valence-electron chi connectivity index (χ1n) is 9.38. The van der Waals surface area contributed by atoms with Crippen molar-refractivity contribution in [2.75, 3.05) is 11.9 Å². The molecule has 0 amide bonds. The molecule has 0 radical (unpaired) electrons. The third-order valence-corrected chi connectivity index (χ3v) is 7.40. The van der Waals surface area contributed by atoms with Crippen LogP contribution in [0.5, 0.6) is 0 Å². The highest BCUT2D eigenvalue weighted by atomic mass is 79.9. The monoisotopic (exact) mass is 425 g/mol. The van der Waals surface area contributed by atoms with Crippen LogP contribution in [-0.4, -0.2) is 28.4 Å². The predicted molar refractivity (Wildman–Crippen MR) is 104 cm³/mol. The first-order chi connectivity index (χ1) is 12.2. The minimum absolute atomic E-state index is 0.275. The van der Waals surface area contributed by atoms with E-state index in [4.69, 9.17) is 4.74 Å². The predicted octanol–water partition coefficient (Wildman–Crippen LogP) is 3.61. The summed E-state index contributed by atoms with van der Waals surface area (Å²) in [5.41, 5.74) is 0.786. The maximum Gasteiger partial charge on any atom is 0.330 e. The summed E-state index contributed by atoms with van der Waals surface area (Å²) >= 11 is 3.40. The molecule has 0 aliphatic heterocycles. The van der Waals surface area contributed by atoms with Gasteiger partial charge in [0.25, 0.3) is 5.56 Å². The second-order valence-corrected chi connectivity index (χ2v) is 9.05. The number of ether oxygens (including phenoxy) is 1. The van der Waals surface area contributed by atoms with Gasteiger partial charge < -0.3 is 10.1 Å². The molecule has 26 heavy (non-hydrogen) atoms. The minimum Gasteiger partial charge on any atom is -0.464 e. The van der Waals surface area contributed by atoms with E-state index in [1.165, 1.54) is 6.42 Å². The Morgan fingerprint density at radius 3 is 2.77 bits per heavy atom. The van der Waals surface area contributed by atoms with Crippen LogP contribution in [0.15, 0.2) is 15.5 Å². The lowest BCUT2D eigenvalue weighted by Gasteiger charge is -2.62. The number of hydrogen-bond acceptors (Lipinski definition) is 5. The van der Waals surface area contributed by atoms with Crippen molar-refractivity contribution >= 4 is 27.6 Å². The molecule has 1 heterocycles. The average molecular weight is 426 g/mol. The van der Waals surface area contributed by atoms with Crippen LogP contribution >= 0.6 is 15.9 Å². The van der Waals surface area contributed by atoms with E-state index in [2.05, 4.69) is 47.1 Å². The van der Waals surface area contributed by atoms with Gasteiger partial charge in [-0.05, 0) is 65.8 Å². The molecule has 1 unspecified atom stereocenters. The molecule has 1 N–H and O–H groups in total. The summed E-state index contributed by atoms with van der Waals surface area (Å²) in [5.74, 6) is 1.53. The normalized spacial score (nSPS) is 30.2. The van der Waals surface area contributed by atoms with E-state index < -0.39 is 12.0 Å². The Hall–Kier alpha value is -1.37. The number of esters is 1. The zero-order valence-electron chi connectivity index (χ0n) is 16.1. The number of nitrogens with zero attached hydrogens (tertiary/aromatic N) is 2. The van der Waals surface area contributed by atoms with Crippen molar-refractivity contribution in [1.82, 2.24) is 9.78 Å². The fourth-order valence-electron chi connectivity index (χ4n) is 4.72. The lowest BCUT2D eigenvalue weighted by atomic mass is 9.45. The number of fused-ring (bicyclic) bond motifs is 2. The molecule has 7 heteroatoms. The minimum atomic E-state index is -0.755. The second kappa shape index (κ2) is 6.98. The molecule has 1 aromatic heterocycles. The highest BCUT2D eigenvalue weighted by Crippen LogP contribution is 2.61. The quantitative estimate of drug-likeness (QED) is 0.729. The van der Waals surface area contributed by atoms with Crippen LogP contribution < -0.4 is 10.9 Å². The van der Waals surface area contributed by atoms with Crippen molar-refractivity contribution in [3.8, 4) is 0 Å². The fourth-order valence-corrected chi connectivity index (χ4v) is 5.12. The number of carbonyl (C=O) groups is 1. The van der Waals surface area contributed by atoms with E-state index in [1.54, 1.807) is 20.0 Å². The van der Waals surface area contributed by atoms with Crippen molar-refractivity contribution in [3.05, 3.63) is 21.0 Å². The Labute approximate surface area is 162 Å². The zero-order valence-corrected chi connectivity index (χ0v) is 17.7. The van der Waals surface area contributed by atoms with Gasteiger partial charge in [-0.2, -0.15) is 5.10 Å². The Kier molecular flexibility index (Phi) is 5.21. The molecule has 3 saturated carbocycles. The first-order valence-corrected chi connectivity index (χ1v) is 10.2. The van der Waals surface area contributed by atoms with E-state index in [1.807, 2.05) is 0 Å². The van der Waals surface area contributed by atoms with E-state index in [-0.39, 0.29) is 12.2 Å². The molecular weight excluding hydrogens is 398 g/mol. The van der Waals surface area contributed by atoms with Crippen LogP contribution in [0.2, 0.25) is 0 Å². The molecule has 6 nitrogen and oxygen atoms in total. The molecule has 4 rings (SSSR count). The van der Waals surface area contributed by atoms with Gasteiger partial charge in [0.2, 0.25) is 0 Å². The molecular formula is C19H28BrN3O3. The topological polar surface area (TPSA) is 73.2 Å². The molecule has 0 saturated heterocycles. The summed E-state index contributed by atoms with van der Waals surface area (Å²) in [6, 6.07) is -0.419. The SMILES string of the molecule is CCOC(=O)C(C)n1ncc(N[C@@H]2C[C@@H]3C[C@H]([C@H]2C)C3(C)C)c(Br)c1=O. The van der Waals surface area contributed by atoms with Gasteiger partial charge in [0.05, 0.1) is 18.5 Å². The Bertz CT molecular complexity index is 761. The molecule has 3 aliphatic carbocycles. The highest BCUT2D eigenvalue weighted by molar-refractivity contribution is 9.10. The second-order valence-electron chi connectivity index (χ2n) is 8.26. The van der Waals surface area contributed by atoms with E-state index >= 15 is 0 Å². The maximum absolute atomic E-state index is 12.6. The first kappa shape index (κ1) is 19.4. The Balaban J connectivity index is 1.77. The average Bonchev–Trinajstić information content (AvgIpc) is 2.59. The number of nitrogens with one attached hydrogen (secondary N) is 1. The number of rotatable bonds is 5. The summed E-state index contributed by atoms with van der Waals surface area (Å²) < 4.78 is 6.56. The smallest absolute Gasteiger partial charge is 0.330 e. The van der Waals surface area contributed by atoms with Gasteiger partial charge in [0, 0.05) is 6.04 Å². The lowest BCUT2D eigenvalue weighted by molar-refractivity contribution is -0.147. The molecule has 144 valence electrons. The van der Waals surface area contributed by atoms with Gasteiger partial charge in [0.1, 0.15) is 4.47 Å². The lowest BCUT2D eigenvalue weighted by Crippen LogP contribution is -2.58. The summed E-state index contributed by atoms with van der Waals surface area (Å²) in [5, 5.41) is 7.72. The van der Waals surface area contributed by atoms with Gasteiger partial charge in [-0.25, -0.2) is 9.48 Å². The van der Waals surface area contributed by atoms with Crippen molar-refractivity contribution in [2.45, 2.75) is 59.5 Å². The van der Waals surface area contributed by atoms with Crippen LogP contribution in [-0.2, 0) is 9.53 Å². The van der Waals surface area contributed by atoms with Gasteiger partial charge in [-0.1, -0.05) is 20.8 Å². The molecule has 0 spiro atoms. The molecule has 3 fully saturated rings. The van der Waals surface area contributed by atoms with E-state index in [0.717, 1.165) is 22.9 Å². The van der Waals surface area contributed by atoms with Gasteiger partial charge in [0.15, 0.2) is 6.04 Å². The number of halogens is 1. The van der Waals surface area contributed by atoms with Crippen molar-refractivity contribution < 1.29 is 9.53 Å². The van der Waals surface area contributed by atoms with Gasteiger partial charge in [-0.3, -0.25) is 4.79 Å². The summed E-state index contributed by atoms with van der Waals surface area (Å²) in [6.45, 7) is 10.7. The third-order valence-electron chi connectivity index (χ3n) is 6.63. The van der Waals surface area contributed by atoms with E-state index in [0.29, 0.717) is 27.5 Å². The zero-order chi connectivity index (χ0) is 19.2. The van der Waals surface area contributed by atoms with E-state index in [9.17, 15) is 9.59 Å². The number of anilines is 1. The fraction of sp³-hybridized carbons (Fsp3) is 0.737. The maximum atomic E-state index is 12.6. The Morgan fingerprint density at radius 2 is 2.19 bits per heavy atom. The third kappa shape index (κ3) is 3.08. The molecule has 0 aromatic carbocycles. The van der Waals surface area contributed by atoms with Crippen LogP contribution in [0, 0.1) is 23.2 Å². The summed E-state index contributed by atoms with van der Waals surface area (Å²) in [4.78, 5) is 24.5. The Morgan fingerprint density at radius 1 is 1.50 bits per heavy atom. The molecule has 3 aliphatic rings. The van der Waals surface area contributed by atoms with Crippen molar-refractivity contribution in [1.29, 1.82) is 0 Å². The van der Waals surface area contributed by atoms with Crippen molar-refractivity contribution in [3.63, 3.8) is 0 Å². The molecule has 5 atom stereocenters.